The lowest BCUT2D eigenvalue weighted by atomic mass is 10.2. The molecule has 0 saturated heterocycles. The molecular formula is C15H17FN4O. The summed E-state index contributed by atoms with van der Waals surface area (Å²) < 4.78 is 13.3. The molecule has 2 rings (SSSR count). The molecule has 1 aromatic heterocycles. The molecule has 0 unspecified atom stereocenters. The van der Waals surface area contributed by atoms with Crippen LogP contribution in [0.15, 0.2) is 42.6 Å². The minimum atomic E-state index is -0.383. The van der Waals surface area contributed by atoms with Crippen LogP contribution >= 0.6 is 0 Å². The number of hydrogen-bond acceptors (Lipinski definition) is 4. The van der Waals surface area contributed by atoms with Gasteiger partial charge in [-0.25, -0.2) is 10.2 Å². The van der Waals surface area contributed by atoms with Crippen molar-refractivity contribution in [2.75, 3.05) is 11.4 Å². The number of nitrogen functional groups attached to an aromatic ring is 1. The maximum Gasteiger partial charge on any atom is 0.266 e. The molecular weight excluding hydrogens is 271 g/mol. The molecule has 0 bridgehead atoms. The number of rotatable bonds is 5. The summed E-state index contributed by atoms with van der Waals surface area (Å²) in [6.45, 7) is 3.24. The third-order valence-corrected chi connectivity index (χ3v) is 3.13. The van der Waals surface area contributed by atoms with E-state index < -0.39 is 0 Å². The maximum atomic E-state index is 13.3. The number of nitrogens with one attached hydrogen (secondary N) is 1. The highest BCUT2D eigenvalue weighted by molar-refractivity contribution is 5.93. The number of amides is 1. The van der Waals surface area contributed by atoms with E-state index >= 15 is 0 Å². The SMILES string of the molecule is CCN(Cc1ccc(C(=O)NN)cn1)c1cccc(F)c1. The van der Waals surface area contributed by atoms with Crippen molar-refractivity contribution < 1.29 is 9.18 Å². The van der Waals surface area contributed by atoms with E-state index in [4.69, 9.17) is 5.84 Å². The Balaban J connectivity index is 2.13. The van der Waals surface area contributed by atoms with E-state index in [1.165, 1.54) is 18.3 Å². The summed E-state index contributed by atoms with van der Waals surface area (Å²) in [5.74, 6) is 4.41. The number of carbonyl (C=O) groups is 1. The lowest BCUT2D eigenvalue weighted by molar-refractivity contribution is 0.0953. The zero-order valence-corrected chi connectivity index (χ0v) is 11.7. The van der Waals surface area contributed by atoms with Gasteiger partial charge in [-0.15, -0.1) is 0 Å². The number of nitrogens with zero attached hydrogens (tertiary/aromatic N) is 2. The number of benzene rings is 1. The second kappa shape index (κ2) is 6.81. The monoisotopic (exact) mass is 288 g/mol. The van der Waals surface area contributed by atoms with Gasteiger partial charge in [0.2, 0.25) is 0 Å². The van der Waals surface area contributed by atoms with Crippen LogP contribution < -0.4 is 16.2 Å². The first-order valence-electron chi connectivity index (χ1n) is 6.60. The van der Waals surface area contributed by atoms with E-state index in [9.17, 15) is 9.18 Å². The van der Waals surface area contributed by atoms with Crippen molar-refractivity contribution in [1.29, 1.82) is 0 Å². The van der Waals surface area contributed by atoms with Crippen molar-refractivity contribution >= 4 is 11.6 Å². The molecule has 21 heavy (non-hydrogen) atoms. The Labute approximate surface area is 122 Å². The molecule has 0 aliphatic heterocycles. The van der Waals surface area contributed by atoms with Gasteiger partial charge in [0.15, 0.2) is 0 Å². The van der Waals surface area contributed by atoms with Crippen LogP contribution in [0, 0.1) is 5.82 Å². The minimum Gasteiger partial charge on any atom is -0.366 e. The summed E-state index contributed by atoms with van der Waals surface area (Å²) in [7, 11) is 0. The predicted molar refractivity (Wildman–Crippen MR) is 79.0 cm³/mol. The van der Waals surface area contributed by atoms with Gasteiger partial charge in [-0.3, -0.25) is 15.2 Å². The summed E-state index contributed by atoms with van der Waals surface area (Å²) in [5.41, 5.74) is 4.03. The topological polar surface area (TPSA) is 71.2 Å². The fraction of sp³-hybridized carbons (Fsp3) is 0.200. The van der Waals surface area contributed by atoms with Gasteiger partial charge in [0, 0.05) is 18.4 Å². The van der Waals surface area contributed by atoms with E-state index in [-0.39, 0.29) is 11.7 Å². The Kier molecular flexibility index (Phi) is 4.84. The Morgan fingerprint density at radius 3 is 2.76 bits per heavy atom. The first kappa shape index (κ1) is 14.9. The van der Waals surface area contributed by atoms with Crippen LogP contribution in [0.1, 0.15) is 23.0 Å². The van der Waals surface area contributed by atoms with Gasteiger partial charge >= 0.3 is 0 Å². The average molecular weight is 288 g/mol. The first-order chi connectivity index (χ1) is 10.1. The Morgan fingerprint density at radius 1 is 1.38 bits per heavy atom. The van der Waals surface area contributed by atoms with Gasteiger partial charge in [0.1, 0.15) is 5.82 Å². The Bertz CT molecular complexity index is 615. The molecule has 1 heterocycles. The molecule has 3 N–H and O–H groups in total. The molecule has 1 aromatic carbocycles. The van der Waals surface area contributed by atoms with Crippen molar-refractivity contribution in [2.24, 2.45) is 5.84 Å². The third-order valence-electron chi connectivity index (χ3n) is 3.13. The molecule has 6 heteroatoms. The highest BCUT2D eigenvalue weighted by atomic mass is 19.1. The summed E-state index contributed by atoms with van der Waals surface area (Å²) in [6, 6.07) is 9.84. The lowest BCUT2D eigenvalue weighted by Gasteiger charge is -2.22. The molecule has 2 aromatic rings. The number of carbonyl (C=O) groups excluding carboxylic acids is 1. The van der Waals surface area contributed by atoms with E-state index in [0.717, 1.165) is 17.9 Å². The largest absolute Gasteiger partial charge is 0.366 e. The maximum absolute atomic E-state index is 13.3. The van der Waals surface area contributed by atoms with Gasteiger partial charge in [-0.1, -0.05) is 6.07 Å². The Morgan fingerprint density at radius 2 is 2.19 bits per heavy atom. The zero-order valence-electron chi connectivity index (χ0n) is 11.7. The van der Waals surface area contributed by atoms with E-state index in [1.807, 2.05) is 17.9 Å². The minimum absolute atomic E-state index is 0.270. The normalized spacial score (nSPS) is 10.2. The van der Waals surface area contributed by atoms with Gasteiger partial charge in [-0.2, -0.15) is 0 Å². The molecule has 0 fully saturated rings. The lowest BCUT2D eigenvalue weighted by Crippen LogP contribution is -2.30. The van der Waals surface area contributed by atoms with Gasteiger partial charge < -0.3 is 4.90 Å². The molecule has 0 spiro atoms. The van der Waals surface area contributed by atoms with E-state index in [1.54, 1.807) is 18.2 Å². The van der Waals surface area contributed by atoms with Crippen LogP contribution in [-0.2, 0) is 6.54 Å². The predicted octanol–water partition coefficient (Wildman–Crippen LogP) is 1.85. The first-order valence-corrected chi connectivity index (χ1v) is 6.60. The number of nitrogens with two attached hydrogens (primary N) is 1. The number of anilines is 1. The van der Waals surface area contributed by atoms with Crippen LogP contribution in [0.25, 0.3) is 0 Å². The highest BCUT2D eigenvalue weighted by Gasteiger charge is 2.08. The second-order valence-electron chi connectivity index (χ2n) is 4.51. The third kappa shape index (κ3) is 3.76. The van der Waals surface area contributed by atoms with Crippen LogP contribution in [0.5, 0.6) is 0 Å². The summed E-state index contributed by atoms with van der Waals surface area (Å²) in [5, 5.41) is 0. The fourth-order valence-corrected chi connectivity index (χ4v) is 1.99. The molecule has 0 aliphatic rings. The molecule has 110 valence electrons. The van der Waals surface area contributed by atoms with Crippen molar-refractivity contribution in [2.45, 2.75) is 13.5 Å². The van der Waals surface area contributed by atoms with Crippen LogP contribution in [0.4, 0.5) is 10.1 Å². The summed E-state index contributed by atoms with van der Waals surface area (Å²) in [6.07, 6.45) is 1.47. The number of aromatic nitrogens is 1. The fourth-order valence-electron chi connectivity index (χ4n) is 1.99. The van der Waals surface area contributed by atoms with Gasteiger partial charge in [0.05, 0.1) is 17.8 Å². The molecule has 0 aliphatic carbocycles. The number of halogens is 1. The number of hydrazine groups is 1. The molecule has 5 nitrogen and oxygen atoms in total. The second-order valence-corrected chi connectivity index (χ2v) is 4.51. The van der Waals surface area contributed by atoms with Crippen molar-refractivity contribution in [3.63, 3.8) is 0 Å². The van der Waals surface area contributed by atoms with Crippen molar-refractivity contribution in [3.8, 4) is 0 Å². The highest BCUT2D eigenvalue weighted by Crippen LogP contribution is 2.17. The Hall–Kier alpha value is -2.47. The van der Waals surface area contributed by atoms with Crippen LogP contribution in [0.2, 0.25) is 0 Å². The van der Waals surface area contributed by atoms with Gasteiger partial charge in [0.25, 0.3) is 5.91 Å². The standard InChI is InChI=1S/C15H17FN4O/c1-2-20(14-5-3-4-12(16)8-14)10-13-7-6-11(9-18-13)15(21)19-17/h3-9H,2,10,17H2,1H3,(H,19,21). The molecule has 0 radical (unpaired) electrons. The smallest absolute Gasteiger partial charge is 0.266 e. The molecule has 1 amide bonds. The average Bonchev–Trinajstić information content (AvgIpc) is 2.52. The number of pyridine rings is 1. The summed E-state index contributed by atoms with van der Waals surface area (Å²) in [4.78, 5) is 17.6. The summed E-state index contributed by atoms with van der Waals surface area (Å²) >= 11 is 0. The van der Waals surface area contributed by atoms with Crippen molar-refractivity contribution in [3.05, 3.63) is 59.7 Å². The zero-order chi connectivity index (χ0) is 15.2. The van der Waals surface area contributed by atoms with Crippen molar-refractivity contribution in [1.82, 2.24) is 10.4 Å². The molecule has 0 atom stereocenters. The van der Waals surface area contributed by atoms with E-state index in [2.05, 4.69) is 10.4 Å². The van der Waals surface area contributed by atoms with Gasteiger partial charge in [-0.05, 0) is 37.3 Å². The quantitative estimate of drug-likeness (QED) is 0.500. The number of hydrogen-bond donors (Lipinski definition) is 2. The van der Waals surface area contributed by atoms with Crippen LogP contribution in [0.3, 0.4) is 0 Å². The molecule has 0 saturated carbocycles. The van der Waals surface area contributed by atoms with E-state index in [0.29, 0.717) is 12.1 Å². The van der Waals surface area contributed by atoms with Crippen LogP contribution in [-0.4, -0.2) is 17.4 Å².